The number of sulfonamides is 1. The van der Waals surface area contributed by atoms with Gasteiger partial charge < -0.3 is 9.64 Å². The highest BCUT2D eigenvalue weighted by atomic mass is 32.2. The second-order valence-corrected chi connectivity index (χ2v) is 9.04. The van der Waals surface area contributed by atoms with Crippen LogP contribution in [0.2, 0.25) is 0 Å². The van der Waals surface area contributed by atoms with E-state index in [4.69, 9.17) is 9.88 Å². The number of amides is 1. The van der Waals surface area contributed by atoms with Crippen molar-refractivity contribution in [1.82, 2.24) is 4.90 Å². The highest BCUT2D eigenvalue weighted by Crippen LogP contribution is 2.33. The fourth-order valence-electron chi connectivity index (χ4n) is 3.27. The summed E-state index contributed by atoms with van der Waals surface area (Å²) in [6.45, 7) is 0.649. The number of primary sulfonamides is 1. The first-order chi connectivity index (χ1) is 12.4. The Balaban J connectivity index is 1.90. The zero-order chi connectivity index (χ0) is 18.7. The quantitative estimate of drug-likeness (QED) is 0.862. The number of hydrogen-bond acceptors (Lipinski definition) is 5. The molecule has 2 heterocycles. The Morgan fingerprint density at radius 3 is 2.58 bits per heavy atom. The van der Waals surface area contributed by atoms with Gasteiger partial charge in [0.25, 0.3) is 5.91 Å². The number of ether oxygens (including phenoxy) is 1. The predicted octanol–water partition coefficient (Wildman–Crippen LogP) is 3.16. The highest BCUT2D eigenvalue weighted by molar-refractivity contribution is 7.91. The van der Waals surface area contributed by atoms with Gasteiger partial charge in [0.1, 0.15) is 9.96 Å². The second kappa shape index (κ2) is 7.77. The van der Waals surface area contributed by atoms with E-state index >= 15 is 0 Å². The van der Waals surface area contributed by atoms with Crippen LogP contribution in [0.25, 0.3) is 0 Å². The number of nitrogens with two attached hydrogens (primary N) is 1. The van der Waals surface area contributed by atoms with E-state index in [0.29, 0.717) is 12.1 Å². The van der Waals surface area contributed by atoms with Crippen molar-refractivity contribution in [2.24, 2.45) is 5.14 Å². The number of methoxy groups -OCH3 is 1. The summed E-state index contributed by atoms with van der Waals surface area (Å²) in [5.41, 5.74) is 1.43. The summed E-state index contributed by atoms with van der Waals surface area (Å²) in [5.74, 6) is 0.620. The Morgan fingerprint density at radius 2 is 1.96 bits per heavy atom. The molecule has 140 valence electrons. The monoisotopic (exact) mass is 394 g/mol. The van der Waals surface area contributed by atoms with Gasteiger partial charge in [-0.15, -0.1) is 11.3 Å². The first-order valence-corrected chi connectivity index (χ1v) is 10.9. The fourth-order valence-corrected chi connectivity index (χ4v) is 4.85. The molecular weight excluding hydrogens is 372 g/mol. The molecule has 0 radical (unpaired) electrons. The SMILES string of the molecule is COc1ccc(C2CCCCCN2C(=O)c2csc(S(N)(=O)=O)c2)cc1. The van der Waals surface area contributed by atoms with Gasteiger partial charge in [0.15, 0.2) is 0 Å². The highest BCUT2D eigenvalue weighted by Gasteiger charge is 2.28. The number of carbonyl (C=O) groups excluding carboxylic acids is 1. The zero-order valence-electron chi connectivity index (χ0n) is 14.6. The molecule has 8 heteroatoms. The minimum Gasteiger partial charge on any atom is -0.497 e. The molecule has 1 aliphatic heterocycles. The van der Waals surface area contributed by atoms with Gasteiger partial charge in [-0.05, 0) is 36.6 Å². The van der Waals surface area contributed by atoms with Crippen molar-refractivity contribution in [3.63, 3.8) is 0 Å². The first-order valence-electron chi connectivity index (χ1n) is 8.46. The average molecular weight is 395 g/mol. The minimum atomic E-state index is -3.79. The van der Waals surface area contributed by atoms with Gasteiger partial charge in [-0.1, -0.05) is 25.0 Å². The smallest absolute Gasteiger partial charge is 0.255 e. The molecule has 6 nitrogen and oxygen atoms in total. The Bertz CT molecular complexity index is 875. The molecule has 0 aliphatic carbocycles. The number of rotatable bonds is 4. The summed E-state index contributed by atoms with van der Waals surface area (Å²) >= 11 is 0.979. The fraction of sp³-hybridized carbons (Fsp3) is 0.389. The van der Waals surface area contributed by atoms with Gasteiger partial charge in [-0.2, -0.15) is 0 Å². The van der Waals surface area contributed by atoms with Gasteiger partial charge in [0, 0.05) is 11.9 Å². The Morgan fingerprint density at radius 1 is 1.23 bits per heavy atom. The number of thiophene rings is 1. The molecule has 0 saturated carbocycles. The van der Waals surface area contributed by atoms with Crippen molar-refractivity contribution in [2.45, 2.75) is 35.9 Å². The molecule has 2 N–H and O–H groups in total. The summed E-state index contributed by atoms with van der Waals surface area (Å²) in [5, 5.41) is 6.73. The molecule has 1 aromatic heterocycles. The van der Waals surface area contributed by atoms with Crippen LogP contribution in [-0.4, -0.2) is 32.9 Å². The molecular formula is C18H22N2O4S2. The third kappa shape index (κ3) is 4.08. The van der Waals surface area contributed by atoms with E-state index in [1.807, 2.05) is 29.2 Å². The number of hydrogen-bond donors (Lipinski definition) is 1. The van der Waals surface area contributed by atoms with Gasteiger partial charge in [0.05, 0.1) is 18.7 Å². The van der Waals surface area contributed by atoms with Crippen molar-refractivity contribution >= 4 is 27.3 Å². The topological polar surface area (TPSA) is 89.7 Å². The van der Waals surface area contributed by atoms with Crippen LogP contribution >= 0.6 is 11.3 Å². The van der Waals surface area contributed by atoms with Crippen LogP contribution in [0.4, 0.5) is 0 Å². The summed E-state index contributed by atoms with van der Waals surface area (Å²) in [6.07, 6.45) is 3.93. The van der Waals surface area contributed by atoms with Crippen LogP contribution < -0.4 is 9.88 Å². The molecule has 2 aromatic rings. The lowest BCUT2D eigenvalue weighted by molar-refractivity contribution is 0.0681. The summed E-state index contributed by atoms with van der Waals surface area (Å²) in [7, 11) is -2.17. The van der Waals surface area contributed by atoms with Crippen LogP contribution in [0.15, 0.2) is 39.9 Å². The lowest BCUT2D eigenvalue weighted by atomic mass is 10.00. The van der Waals surface area contributed by atoms with Gasteiger partial charge in [0.2, 0.25) is 10.0 Å². The van der Waals surface area contributed by atoms with Crippen LogP contribution in [0, 0.1) is 0 Å². The standard InChI is InChI=1S/C18H22N2O4S2/c1-24-15-8-6-13(7-9-15)16-5-3-2-4-10-20(16)18(21)14-11-17(25-12-14)26(19,22)23/h6-9,11-12,16H,2-5,10H2,1H3,(H2,19,22,23). The Hall–Kier alpha value is -1.90. The maximum atomic E-state index is 13.1. The number of benzene rings is 1. The van der Waals surface area contributed by atoms with Gasteiger partial charge in [-0.3, -0.25) is 4.79 Å². The van der Waals surface area contributed by atoms with E-state index in [9.17, 15) is 13.2 Å². The predicted molar refractivity (Wildman–Crippen MR) is 101 cm³/mol. The second-order valence-electron chi connectivity index (χ2n) is 6.34. The number of carbonyl (C=O) groups is 1. The van der Waals surface area contributed by atoms with E-state index in [0.717, 1.165) is 48.3 Å². The first kappa shape index (κ1) is 18.9. The van der Waals surface area contributed by atoms with Crippen LogP contribution in [0.5, 0.6) is 5.75 Å². The third-order valence-electron chi connectivity index (χ3n) is 4.62. The lowest BCUT2D eigenvalue weighted by Gasteiger charge is -2.30. The molecule has 0 spiro atoms. The van der Waals surface area contributed by atoms with Crippen molar-refractivity contribution in [1.29, 1.82) is 0 Å². The van der Waals surface area contributed by atoms with Crippen molar-refractivity contribution in [2.75, 3.05) is 13.7 Å². The van der Waals surface area contributed by atoms with Crippen LogP contribution in [0.1, 0.15) is 47.6 Å². The van der Waals surface area contributed by atoms with E-state index in [-0.39, 0.29) is 16.2 Å². The van der Waals surface area contributed by atoms with E-state index in [2.05, 4.69) is 0 Å². The van der Waals surface area contributed by atoms with Crippen molar-refractivity contribution < 1.29 is 17.9 Å². The summed E-state index contributed by atoms with van der Waals surface area (Å²) < 4.78 is 28.2. The molecule has 1 unspecified atom stereocenters. The van der Waals surface area contributed by atoms with E-state index in [1.165, 1.54) is 6.07 Å². The number of likely N-dealkylation sites (tertiary alicyclic amines) is 1. The normalized spacial score (nSPS) is 18.4. The summed E-state index contributed by atoms with van der Waals surface area (Å²) in [4.78, 5) is 14.9. The Kier molecular flexibility index (Phi) is 5.64. The van der Waals surface area contributed by atoms with Gasteiger partial charge >= 0.3 is 0 Å². The molecule has 3 rings (SSSR count). The Labute approximate surface area is 157 Å². The van der Waals surface area contributed by atoms with Gasteiger partial charge in [-0.25, -0.2) is 13.6 Å². The van der Waals surface area contributed by atoms with Crippen molar-refractivity contribution in [3.8, 4) is 5.75 Å². The zero-order valence-corrected chi connectivity index (χ0v) is 16.2. The summed E-state index contributed by atoms with van der Waals surface area (Å²) in [6, 6.07) is 9.10. The van der Waals surface area contributed by atoms with Crippen LogP contribution in [0.3, 0.4) is 0 Å². The molecule has 1 fully saturated rings. The minimum absolute atomic E-state index is 0.0108. The maximum absolute atomic E-state index is 13.1. The maximum Gasteiger partial charge on any atom is 0.255 e. The van der Waals surface area contributed by atoms with Crippen LogP contribution in [-0.2, 0) is 10.0 Å². The molecule has 1 aromatic carbocycles. The van der Waals surface area contributed by atoms with E-state index in [1.54, 1.807) is 12.5 Å². The van der Waals surface area contributed by atoms with Crippen molar-refractivity contribution in [3.05, 3.63) is 46.8 Å². The van der Waals surface area contributed by atoms with E-state index < -0.39 is 10.0 Å². The number of nitrogens with zero attached hydrogens (tertiary/aromatic N) is 1. The molecule has 1 atom stereocenters. The molecule has 1 aliphatic rings. The molecule has 1 saturated heterocycles. The lowest BCUT2D eigenvalue weighted by Crippen LogP contribution is -2.34. The molecule has 26 heavy (non-hydrogen) atoms. The average Bonchev–Trinajstić information content (AvgIpc) is 3.01. The largest absolute Gasteiger partial charge is 0.497 e. The molecule has 0 bridgehead atoms. The molecule has 1 amide bonds. The third-order valence-corrected chi connectivity index (χ3v) is 7.00.